The zero-order chi connectivity index (χ0) is 34.7. The van der Waals surface area contributed by atoms with Gasteiger partial charge in [-0.15, -0.1) is 11.3 Å². The first-order valence-electron chi connectivity index (χ1n) is 17.6. The van der Waals surface area contributed by atoms with Gasteiger partial charge in [-0.3, -0.25) is 9.59 Å². The predicted molar refractivity (Wildman–Crippen MR) is 186 cm³/mol. The van der Waals surface area contributed by atoms with E-state index in [4.69, 9.17) is 9.26 Å². The van der Waals surface area contributed by atoms with Crippen molar-refractivity contribution in [3.05, 3.63) is 52.9 Å². The summed E-state index contributed by atoms with van der Waals surface area (Å²) in [6, 6.07) is 8.75. The molecule has 3 aliphatic heterocycles. The Balaban J connectivity index is 1.07. The standard InChI is InChI=1S/C36H48N6O6S/c1-22(2)32(30-19-31(39-48-30)40-16-12-28(13-17-40)47-36(46)41-14-6-5-7-15-41)35(45)42-20-27(43)18-29(42)34(44)38-23(3)25-8-10-26(11-9-25)33-24(4)37-21-49-33/h8-11,19,21-23,27-29,32,43H,5-7,12-18,20H2,1-4H3,(H,38,44)/t23-,27+,29-,32?/m0/s1. The maximum absolute atomic E-state index is 14.1. The number of aliphatic hydroxyl groups excluding tert-OH is 1. The first-order valence-corrected chi connectivity index (χ1v) is 18.4. The molecule has 0 spiro atoms. The molecule has 0 aliphatic carbocycles. The highest BCUT2D eigenvalue weighted by Gasteiger charge is 2.43. The van der Waals surface area contributed by atoms with Crippen LogP contribution >= 0.6 is 11.3 Å². The number of rotatable bonds is 9. The minimum atomic E-state index is -0.806. The van der Waals surface area contributed by atoms with E-state index in [1.165, 1.54) is 4.90 Å². The van der Waals surface area contributed by atoms with Crippen LogP contribution in [0.2, 0.25) is 0 Å². The predicted octanol–water partition coefficient (Wildman–Crippen LogP) is 5.28. The summed E-state index contributed by atoms with van der Waals surface area (Å²) in [4.78, 5) is 51.1. The number of β-amino-alcohol motifs (C(OH)–C–C–N with tert-alkyl or cyclic N) is 1. The van der Waals surface area contributed by atoms with Crippen LogP contribution in [0.5, 0.6) is 0 Å². The molecule has 12 nitrogen and oxygen atoms in total. The van der Waals surface area contributed by atoms with Crippen molar-refractivity contribution in [1.29, 1.82) is 0 Å². The van der Waals surface area contributed by atoms with Crippen LogP contribution in [0.3, 0.4) is 0 Å². The number of piperidine rings is 2. The molecule has 3 aliphatic rings. The van der Waals surface area contributed by atoms with Gasteiger partial charge >= 0.3 is 6.09 Å². The highest BCUT2D eigenvalue weighted by molar-refractivity contribution is 7.13. The lowest BCUT2D eigenvalue weighted by atomic mass is 9.91. The van der Waals surface area contributed by atoms with Gasteiger partial charge in [-0.25, -0.2) is 9.78 Å². The molecular weight excluding hydrogens is 644 g/mol. The fourth-order valence-electron chi connectivity index (χ4n) is 7.19. The summed E-state index contributed by atoms with van der Waals surface area (Å²) in [6.45, 7) is 10.7. The lowest BCUT2D eigenvalue weighted by Crippen LogP contribution is -2.48. The highest BCUT2D eigenvalue weighted by Crippen LogP contribution is 2.34. The molecule has 264 valence electrons. The van der Waals surface area contributed by atoms with Crippen LogP contribution in [-0.2, 0) is 14.3 Å². The van der Waals surface area contributed by atoms with E-state index in [0.29, 0.717) is 37.5 Å². The first-order chi connectivity index (χ1) is 23.6. The van der Waals surface area contributed by atoms with Crippen molar-refractivity contribution in [3.63, 3.8) is 0 Å². The molecule has 6 rings (SSSR count). The number of ether oxygens (including phenoxy) is 1. The number of nitrogens with one attached hydrogen (secondary N) is 1. The van der Waals surface area contributed by atoms with Gasteiger partial charge in [-0.1, -0.05) is 43.3 Å². The number of amides is 3. The average Bonchev–Trinajstić information content (AvgIpc) is 3.85. The molecule has 2 aromatic heterocycles. The third-order valence-corrected chi connectivity index (χ3v) is 11.0. The third-order valence-electron chi connectivity index (χ3n) is 10.0. The number of thiazole rings is 1. The Morgan fingerprint density at radius 1 is 1.04 bits per heavy atom. The second kappa shape index (κ2) is 15.3. The van der Waals surface area contributed by atoms with Crippen molar-refractivity contribution in [2.45, 2.75) is 96.4 Å². The van der Waals surface area contributed by atoms with E-state index >= 15 is 0 Å². The lowest BCUT2D eigenvalue weighted by Gasteiger charge is -2.33. The van der Waals surface area contributed by atoms with E-state index in [0.717, 1.165) is 54.0 Å². The van der Waals surface area contributed by atoms with Gasteiger partial charge < -0.3 is 34.4 Å². The molecule has 3 amide bonds. The molecule has 5 heterocycles. The van der Waals surface area contributed by atoms with Gasteiger partial charge in [-0.05, 0) is 50.2 Å². The van der Waals surface area contributed by atoms with E-state index in [2.05, 4.69) is 20.4 Å². The van der Waals surface area contributed by atoms with Crippen LogP contribution in [0.15, 0.2) is 40.4 Å². The number of likely N-dealkylation sites (tertiary alicyclic amines) is 2. The normalized spacial score (nSPS) is 21.6. The van der Waals surface area contributed by atoms with Crippen LogP contribution in [0.1, 0.15) is 88.3 Å². The number of nitrogens with zero attached hydrogens (tertiary/aromatic N) is 5. The molecule has 0 radical (unpaired) electrons. The van der Waals surface area contributed by atoms with Crippen molar-refractivity contribution in [2.75, 3.05) is 37.6 Å². The van der Waals surface area contributed by atoms with Crippen LogP contribution < -0.4 is 10.2 Å². The summed E-state index contributed by atoms with van der Waals surface area (Å²) in [5, 5.41) is 18.0. The van der Waals surface area contributed by atoms with Gasteiger partial charge in [0.25, 0.3) is 0 Å². The SMILES string of the molecule is Cc1ncsc1-c1ccc([C@H](C)NC(=O)[C@@H]2C[C@@H](O)CN2C(=O)C(c2cc(N3CCC(OC(=O)N4CCCCC4)CC3)no2)C(C)C)cc1. The second-order valence-electron chi connectivity index (χ2n) is 13.9. The number of hydrogen-bond acceptors (Lipinski definition) is 10. The smallest absolute Gasteiger partial charge is 0.410 e. The maximum atomic E-state index is 14.1. The second-order valence-corrected chi connectivity index (χ2v) is 14.8. The topological polar surface area (TPSA) is 141 Å². The molecule has 0 saturated carbocycles. The molecule has 49 heavy (non-hydrogen) atoms. The highest BCUT2D eigenvalue weighted by atomic mass is 32.1. The Kier molecular flexibility index (Phi) is 10.9. The Bertz CT molecular complexity index is 1590. The van der Waals surface area contributed by atoms with Gasteiger partial charge in [0.05, 0.1) is 28.2 Å². The number of anilines is 1. The quantitative estimate of drug-likeness (QED) is 0.307. The van der Waals surface area contributed by atoms with Crippen LogP contribution in [-0.4, -0.2) is 93.9 Å². The molecule has 1 unspecified atom stereocenters. The fourth-order valence-corrected chi connectivity index (χ4v) is 8.00. The van der Waals surface area contributed by atoms with Crippen LogP contribution in [0.4, 0.5) is 10.6 Å². The Morgan fingerprint density at radius 3 is 2.41 bits per heavy atom. The lowest BCUT2D eigenvalue weighted by molar-refractivity contribution is -0.141. The van der Waals surface area contributed by atoms with Crippen LogP contribution in [0.25, 0.3) is 10.4 Å². The molecular formula is C36H48N6O6S. The summed E-state index contributed by atoms with van der Waals surface area (Å²) in [7, 11) is 0. The van der Waals surface area contributed by atoms with Gasteiger partial charge in [-0.2, -0.15) is 0 Å². The Hall–Kier alpha value is -3.97. The molecule has 4 atom stereocenters. The van der Waals surface area contributed by atoms with Crippen molar-refractivity contribution in [1.82, 2.24) is 25.3 Å². The number of carbonyl (C=O) groups excluding carboxylic acids is 3. The van der Waals surface area contributed by atoms with E-state index in [9.17, 15) is 19.5 Å². The van der Waals surface area contributed by atoms with Crippen molar-refractivity contribution in [3.8, 4) is 10.4 Å². The molecule has 3 saturated heterocycles. The van der Waals surface area contributed by atoms with Gasteiger partial charge in [0.15, 0.2) is 11.6 Å². The molecule has 3 fully saturated rings. The summed E-state index contributed by atoms with van der Waals surface area (Å²) in [5.74, 6) is -0.326. The summed E-state index contributed by atoms with van der Waals surface area (Å²) in [6.07, 6.45) is 3.58. The molecule has 1 aromatic carbocycles. The summed E-state index contributed by atoms with van der Waals surface area (Å²) >= 11 is 1.59. The Labute approximate surface area is 291 Å². The van der Waals surface area contributed by atoms with Crippen molar-refractivity contribution in [2.24, 2.45) is 5.92 Å². The summed E-state index contributed by atoms with van der Waals surface area (Å²) < 4.78 is 11.6. The number of carbonyl (C=O) groups is 3. The zero-order valence-corrected chi connectivity index (χ0v) is 29.7. The molecule has 0 bridgehead atoms. The van der Waals surface area contributed by atoms with Crippen molar-refractivity contribution >= 4 is 35.1 Å². The average molecular weight is 693 g/mol. The fraction of sp³-hybridized carbons (Fsp3) is 0.583. The molecule has 2 N–H and O–H groups in total. The number of benzene rings is 1. The number of aromatic nitrogens is 2. The van der Waals surface area contributed by atoms with Gasteiger partial charge in [0.1, 0.15) is 18.1 Å². The van der Waals surface area contributed by atoms with Gasteiger partial charge in [0, 0.05) is 58.1 Å². The summed E-state index contributed by atoms with van der Waals surface area (Å²) in [5.41, 5.74) is 4.83. The maximum Gasteiger partial charge on any atom is 0.410 e. The van der Waals surface area contributed by atoms with E-state index in [1.807, 2.05) is 63.5 Å². The minimum Gasteiger partial charge on any atom is -0.446 e. The minimum absolute atomic E-state index is 0.0715. The van der Waals surface area contributed by atoms with Gasteiger partial charge in [0.2, 0.25) is 11.8 Å². The van der Waals surface area contributed by atoms with E-state index < -0.39 is 18.1 Å². The Morgan fingerprint density at radius 2 is 1.76 bits per heavy atom. The van der Waals surface area contributed by atoms with E-state index in [-0.39, 0.29) is 48.9 Å². The largest absolute Gasteiger partial charge is 0.446 e. The third kappa shape index (κ3) is 7.93. The number of aryl methyl sites for hydroxylation is 1. The monoisotopic (exact) mass is 692 g/mol. The molecule has 3 aromatic rings. The molecule has 13 heteroatoms. The zero-order valence-electron chi connectivity index (χ0n) is 28.8. The number of hydrogen-bond donors (Lipinski definition) is 2. The number of aliphatic hydroxyl groups is 1. The van der Waals surface area contributed by atoms with Crippen LogP contribution in [0, 0.1) is 12.8 Å². The first kappa shape index (κ1) is 34.9. The van der Waals surface area contributed by atoms with E-state index in [1.54, 1.807) is 16.2 Å². The van der Waals surface area contributed by atoms with Crippen molar-refractivity contribution < 1.29 is 28.8 Å².